The van der Waals surface area contributed by atoms with Gasteiger partial charge < -0.3 is 5.84 Å². The molecule has 0 radical (unpaired) electrons. The van der Waals surface area contributed by atoms with Crippen LogP contribution in [0.3, 0.4) is 0 Å². The summed E-state index contributed by atoms with van der Waals surface area (Å²) in [6, 6.07) is 0. The highest BCUT2D eigenvalue weighted by Gasteiger charge is 2.34. The molecule has 1 aromatic heterocycles. The lowest BCUT2D eigenvalue weighted by molar-refractivity contribution is -0.141. The number of nitrogen functional groups attached to an aromatic ring is 1. The molecule has 0 spiro atoms. The van der Waals surface area contributed by atoms with Crippen molar-refractivity contribution >= 4 is 0 Å². The average Bonchev–Trinajstić information content (AvgIpc) is 2.11. The minimum absolute atomic E-state index is 0.364. The van der Waals surface area contributed by atoms with Crippen LogP contribution >= 0.6 is 0 Å². The molecule has 1 rings (SSSR count). The van der Waals surface area contributed by atoms with E-state index in [1.165, 1.54) is 0 Å². The first-order chi connectivity index (χ1) is 4.50. The molecule has 0 fully saturated rings. The maximum Gasteiger partial charge on any atom is 0.436 e. The summed E-state index contributed by atoms with van der Waals surface area (Å²) in [5.74, 6) is 4.77. The lowest BCUT2D eigenvalue weighted by Gasteiger charge is -1.97. The Labute approximate surface area is 53.4 Å². The standard InChI is InChI=1S/C3H3F3N4/c4-3(5,6)2-1-8-10(7)9-2/h1H,7H2. The van der Waals surface area contributed by atoms with E-state index in [2.05, 4.69) is 10.2 Å². The summed E-state index contributed by atoms with van der Waals surface area (Å²) in [4.78, 5) is 0.364. The monoisotopic (exact) mass is 152 g/mol. The summed E-state index contributed by atoms with van der Waals surface area (Å²) < 4.78 is 34.9. The van der Waals surface area contributed by atoms with Crippen molar-refractivity contribution in [1.29, 1.82) is 0 Å². The van der Waals surface area contributed by atoms with Gasteiger partial charge in [-0.3, -0.25) is 0 Å². The van der Waals surface area contributed by atoms with E-state index in [0.717, 1.165) is 0 Å². The number of aromatic nitrogens is 3. The van der Waals surface area contributed by atoms with Gasteiger partial charge >= 0.3 is 6.18 Å². The van der Waals surface area contributed by atoms with Crippen LogP contribution in [0.4, 0.5) is 13.2 Å². The summed E-state index contributed by atoms with van der Waals surface area (Å²) in [6.07, 6.45) is -3.91. The molecule has 7 heteroatoms. The van der Waals surface area contributed by atoms with Gasteiger partial charge in [-0.2, -0.15) is 13.2 Å². The van der Waals surface area contributed by atoms with Gasteiger partial charge in [-0.25, -0.2) is 0 Å². The molecule has 0 aliphatic carbocycles. The summed E-state index contributed by atoms with van der Waals surface area (Å²) in [7, 11) is 0. The van der Waals surface area contributed by atoms with E-state index in [-0.39, 0.29) is 0 Å². The molecular weight excluding hydrogens is 149 g/mol. The minimum Gasteiger partial charge on any atom is -0.306 e. The molecule has 1 heterocycles. The van der Waals surface area contributed by atoms with Crippen LogP contribution in [0.2, 0.25) is 0 Å². The second-order valence-corrected chi connectivity index (χ2v) is 1.55. The van der Waals surface area contributed by atoms with Crippen molar-refractivity contribution in [3.63, 3.8) is 0 Å². The van der Waals surface area contributed by atoms with Gasteiger partial charge in [-0.05, 0) is 0 Å². The predicted octanol–water partition coefficient (Wildman–Crippen LogP) is 0.0107. The van der Waals surface area contributed by atoms with Gasteiger partial charge in [0.05, 0.1) is 6.20 Å². The summed E-state index contributed by atoms with van der Waals surface area (Å²) in [5.41, 5.74) is -1.09. The maximum atomic E-state index is 11.6. The first-order valence-electron chi connectivity index (χ1n) is 2.25. The molecule has 1 aromatic rings. The van der Waals surface area contributed by atoms with Gasteiger partial charge in [0.25, 0.3) is 0 Å². The van der Waals surface area contributed by atoms with Gasteiger partial charge in [0.2, 0.25) is 0 Å². The second kappa shape index (κ2) is 1.86. The van der Waals surface area contributed by atoms with E-state index in [0.29, 0.717) is 11.1 Å². The topological polar surface area (TPSA) is 56.7 Å². The smallest absolute Gasteiger partial charge is 0.306 e. The molecule has 0 aliphatic rings. The molecule has 0 aromatic carbocycles. The SMILES string of the molecule is Nn1ncc(C(F)(F)F)n1. The first-order valence-corrected chi connectivity index (χ1v) is 2.25. The van der Waals surface area contributed by atoms with E-state index in [4.69, 9.17) is 5.84 Å². The van der Waals surface area contributed by atoms with Crippen LogP contribution in [0.5, 0.6) is 0 Å². The Morgan fingerprint density at radius 3 is 2.30 bits per heavy atom. The number of hydrogen-bond acceptors (Lipinski definition) is 3. The van der Waals surface area contributed by atoms with Crippen LogP contribution in [-0.2, 0) is 6.18 Å². The first kappa shape index (κ1) is 6.84. The number of halogens is 3. The molecule has 0 unspecified atom stereocenters. The zero-order chi connectivity index (χ0) is 7.78. The predicted molar refractivity (Wildman–Crippen MR) is 25.2 cm³/mol. The second-order valence-electron chi connectivity index (χ2n) is 1.55. The fourth-order valence-corrected chi connectivity index (χ4v) is 0.406. The summed E-state index contributed by atoms with van der Waals surface area (Å²) >= 11 is 0. The summed E-state index contributed by atoms with van der Waals surface area (Å²) in [5, 5.41) is 5.89. The molecule has 0 saturated carbocycles. The molecule has 0 amide bonds. The fourth-order valence-electron chi connectivity index (χ4n) is 0.406. The maximum absolute atomic E-state index is 11.6. The van der Waals surface area contributed by atoms with Crippen molar-refractivity contribution in [1.82, 2.24) is 15.1 Å². The average molecular weight is 152 g/mol. The quantitative estimate of drug-likeness (QED) is 0.533. The Hall–Kier alpha value is -1.27. The molecular formula is C3H3F3N4. The third-order valence-electron chi connectivity index (χ3n) is 0.799. The lowest BCUT2D eigenvalue weighted by Crippen LogP contribution is -2.14. The Morgan fingerprint density at radius 1 is 1.50 bits per heavy atom. The van der Waals surface area contributed by atoms with Crippen LogP contribution in [-0.4, -0.2) is 15.1 Å². The van der Waals surface area contributed by atoms with Crippen LogP contribution < -0.4 is 5.84 Å². The van der Waals surface area contributed by atoms with Crippen molar-refractivity contribution in [3.05, 3.63) is 11.9 Å². The number of hydrogen-bond donors (Lipinski definition) is 1. The van der Waals surface area contributed by atoms with Gasteiger partial charge in [0.1, 0.15) is 0 Å². The van der Waals surface area contributed by atoms with Gasteiger partial charge in [-0.1, -0.05) is 4.91 Å². The highest BCUT2D eigenvalue weighted by atomic mass is 19.4. The third kappa shape index (κ3) is 1.17. The zero-order valence-electron chi connectivity index (χ0n) is 4.63. The van der Waals surface area contributed by atoms with Crippen LogP contribution in [0.25, 0.3) is 0 Å². The Bertz CT molecular complexity index is 226. The van der Waals surface area contributed by atoms with Crippen LogP contribution in [0.1, 0.15) is 5.69 Å². The number of rotatable bonds is 0. The molecule has 10 heavy (non-hydrogen) atoms. The minimum atomic E-state index is -4.46. The normalized spacial score (nSPS) is 11.9. The Kier molecular flexibility index (Phi) is 1.27. The van der Waals surface area contributed by atoms with E-state index in [1.54, 1.807) is 0 Å². The molecule has 2 N–H and O–H groups in total. The zero-order valence-corrected chi connectivity index (χ0v) is 4.63. The molecule has 0 aliphatic heterocycles. The van der Waals surface area contributed by atoms with Gasteiger partial charge in [0, 0.05) is 0 Å². The molecule has 0 saturated heterocycles. The van der Waals surface area contributed by atoms with Crippen molar-refractivity contribution < 1.29 is 13.2 Å². The molecule has 4 nitrogen and oxygen atoms in total. The fraction of sp³-hybridized carbons (Fsp3) is 0.333. The number of nitrogens with two attached hydrogens (primary N) is 1. The van der Waals surface area contributed by atoms with Crippen molar-refractivity contribution in [2.75, 3.05) is 5.84 Å². The van der Waals surface area contributed by atoms with Crippen LogP contribution in [0.15, 0.2) is 6.20 Å². The molecule has 0 atom stereocenters. The Balaban J connectivity index is 2.96. The lowest BCUT2D eigenvalue weighted by atomic mass is 10.5. The van der Waals surface area contributed by atoms with E-state index >= 15 is 0 Å². The van der Waals surface area contributed by atoms with Crippen molar-refractivity contribution in [3.8, 4) is 0 Å². The number of alkyl halides is 3. The summed E-state index contributed by atoms with van der Waals surface area (Å²) in [6.45, 7) is 0. The van der Waals surface area contributed by atoms with Crippen molar-refractivity contribution in [2.24, 2.45) is 0 Å². The highest BCUT2D eigenvalue weighted by Crippen LogP contribution is 2.25. The number of nitrogens with zero attached hydrogens (tertiary/aromatic N) is 3. The van der Waals surface area contributed by atoms with Gasteiger partial charge in [-0.15, -0.1) is 10.2 Å². The Morgan fingerprint density at radius 2 is 2.10 bits per heavy atom. The van der Waals surface area contributed by atoms with E-state index in [1.807, 2.05) is 0 Å². The third-order valence-corrected chi connectivity index (χ3v) is 0.799. The molecule has 0 bridgehead atoms. The largest absolute Gasteiger partial charge is 0.436 e. The van der Waals surface area contributed by atoms with E-state index in [9.17, 15) is 13.2 Å². The highest BCUT2D eigenvalue weighted by molar-refractivity contribution is 4.96. The molecule has 56 valence electrons. The van der Waals surface area contributed by atoms with Crippen LogP contribution in [0, 0.1) is 0 Å². The van der Waals surface area contributed by atoms with Gasteiger partial charge in [0.15, 0.2) is 5.69 Å². The van der Waals surface area contributed by atoms with Crippen molar-refractivity contribution in [2.45, 2.75) is 6.18 Å². The van der Waals surface area contributed by atoms with E-state index < -0.39 is 11.9 Å².